The minimum Gasteiger partial charge on any atom is -0.385 e. The van der Waals surface area contributed by atoms with E-state index in [1.54, 1.807) is 7.11 Å². The van der Waals surface area contributed by atoms with Crippen molar-refractivity contribution in [1.82, 2.24) is 0 Å². The van der Waals surface area contributed by atoms with Crippen LogP contribution >= 0.6 is 0 Å². The lowest BCUT2D eigenvalue weighted by Gasteiger charge is -2.24. The molecule has 1 saturated heterocycles. The van der Waals surface area contributed by atoms with Gasteiger partial charge < -0.3 is 14.3 Å². The predicted molar refractivity (Wildman–Crippen MR) is 49.7 cm³/mol. The molecule has 1 aliphatic rings. The minimum atomic E-state index is -0.174. The molecule has 0 radical (unpaired) electrons. The van der Waals surface area contributed by atoms with Gasteiger partial charge in [-0.05, 0) is 25.7 Å². The highest BCUT2D eigenvalue weighted by molar-refractivity contribution is 5.59. The van der Waals surface area contributed by atoms with E-state index in [0.29, 0.717) is 13.2 Å². The van der Waals surface area contributed by atoms with Gasteiger partial charge in [-0.1, -0.05) is 0 Å². The maximum absolute atomic E-state index is 11.0. The molecule has 1 rings (SSSR count). The first kappa shape index (κ1) is 10.7. The van der Waals surface area contributed by atoms with E-state index in [1.807, 2.05) is 0 Å². The highest BCUT2D eigenvalue weighted by Gasteiger charge is 2.30. The Labute approximate surface area is 79.4 Å². The van der Waals surface area contributed by atoms with Gasteiger partial charge in [0.1, 0.15) is 6.29 Å². The SMILES string of the molecule is COCCC1(C=O)CCCOCC1. The molecule has 0 bridgehead atoms. The monoisotopic (exact) mass is 186 g/mol. The topological polar surface area (TPSA) is 35.5 Å². The van der Waals surface area contributed by atoms with Crippen molar-refractivity contribution >= 4 is 6.29 Å². The Kier molecular flexibility index (Phi) is 4.39. The highest BCUT2D eigenvalue weighted by atomic mass is 16.5. The fraction of sp³-hybridized carbons (Fsp3) is 0.900. The Hall–Kier alpha value is -0.410. The maximum Gasteiger partial charge on any atom is 0.126 e. The van der Waals surface area contributed by atoms with Crippen LogP contribution in [0.5, 0.6) is 0 Å². The Bertz CT molecular complexity index is 148. The third-order valence-electron chi connectivity index (χ3n) is 2.76. The number of carbonyl (C=O) groups excluding carboxylic acids is 1. The molecule has 0 aromatic heterocycles. The molecule has 3 heteroatoms. The fourth-order valence-electron chi connectivity index (χ4n) is 1.76. The van der Waals surface area contributed by atoms with Crippen LogP contribution < -0.4 is 0 Å². The minimum absolute atomic E-state index is 0.174. The van der Waals surface area contributed by atoms with E-state index in [1.165, 1.54) is 0 Å². The summed E-state index contributed by atoms with van der Waals surface area (Å²) in [5.74, 6) is 0. The van der Waals surface area contributed by atoms with Crippen LogP contribution in [0.3, 0.4) is 0 Å². The third kappa shape index (κ3) is 3.08. The van der Waals surface area contributed by atoms with Crippen molar-refractivity contribution in [1.29, 1.82) is 0 Å². The summed E-state index contributed by atoms with van der Waals surface area (Å²) < 4.78 is 10.3. The number of rotatable bonds is 4. The number of hydrogen-bond donors (Lipinski definition) is 0. The van der Waals surface area contributed by atoms with Gasteiger partial charge in [-0.25, -0.2) is 0 Å². The summed E-state index contributed by atoms with van der Waals surface area (Å²) in [6, 6.07) is 0. The fourth-order valence-corrected chi connectivity index (χ4v) is 1.76. The van der Waals surface area contributed by atoms with Gasteiger partial charge >= 0.3 is 0 Å². The number of methoxy groups -OCH3 is 1. The van der Waals surface area contributed by atoms with Gasteiger partial charge in [0, 0.05) is 32.3 Å². The zero-order chi connectivity index (χ0) is 9.57. The van der Waals surface area contributed by atoms with Crippen LogP contribution in [0.2, 0.25) is 0 Å². The Morgan fingerprint density at radius 2 is 2.31 bits per heavy atom. The summed E-state index contributed by atoms with van der Waals surface area (Å²) in [7, 11) is 1.67. The predicted octanol–water partition coefficient (Wildman–Crippen LogP) is 1.41. The van der Waals surface area contributed by atoms with Crippen molar-refractivity contribution in [3.05, 3.63) is 0 Å². The normalized spacial score (nSPS) is 29.6. The van der Waals surface area contributed by atoms with Crippen LogP contribution in [-0.4, -0.2) is 33.2 Å². The van der Waals surface area contributed by atoms with Crippen molar-refractivity contribution in [2.24, 2.45) is 5.41 Å². The van der Waals surface area contributed by atoms with E-state index < -0.39 is 0 Å². The molecule has 0 aromatic rings. The number of carbonyl (C=O) groups is 1. The molecule has 0 amide bonds. The molecule has 1 fully saturated rings. The summed E-state index contributed by atoms with van der Waals surface area (Å²) in [5, 5.41) is 0. The van der Waals surface area contributed by atoms with Gasteiger partial charge in [0.2, 0.25) is 0 Å². The molecule has 0 N–H and O–H groups in total. The summed E-state index contributed by atoms with van der Waals surface area (Å²) in [6.07, 6.45) is 4.71. The van der Waals surface area contributed by atoms with Crippen molar-refractivity contribution < 1.29 is 14.3 Å². The quantitative estimate of drug-likeness (QED) is 0.623. The van der Waals surface area contributed by atoms with E-state index >= 15 is 0 Å². The largest absolute Gasteiger partial charge is 0.385 e. The van der Waals surface area contributed by atoms with Crippen LogP contribution in [0.1, 0.15) is 25.7 Å². The highest BCUT2D eigenvalue weighted by Crippen LogP contribution is 2.32. The lowest BCUT2D eigenvalue weighted by atomic mass is 9.79. The Balaban J connectivity index is 2.48. The molecule has 1 atom stereocenters. The summed E-state index contributed by atoms with van der Waals surface area (Å²) in [4.78, 5) is 11.0. The molecule has 0 saturated carbocycles. The molecule has 0 aliphatic carbocycles. The van der Waals surface area contributed by atoms with E-state index in [9.17, 15) is 4.79 Å². The van der Waals surface area contributed by atoms with E-state index in [-0.39, 0.29) is 5.41 Å². The van der Waals surface area contributed by atoms with Crippen LogP contribution in [0.15, 0.2) is 0 Å². The first-order valence-electron chi connectivity index (χ1n) is 4.86. The number of ether oxygens (including phenoxy) is 2. The molecule has 76 valence electrons. The number of aldehydes is 1. The second kappa shape index (κ2) is 5.35. The molecule has 13 heavy (non-hydrogen) atoms. The first-order chi connectivity index (χ1) is 6.33. The smallest absolute Gasteiger partial charge is 0.126 e. The number of hydrogen-bond acceptors (Lipinski definition) is 3. The Morgan fingerprint density at radius 3 is 3.00 bits per heavy atom. The lowest BCUT2D eigenvalue weighted by Crippen LogP contribution is -2.24. The average molecular weight is 186 g/mol. The van der Waals surface area contributed by atoms with Gasteiger partial charge in [0.25, 0.3) is 0 Å². The maximum atomic E-state index is 11.0. The van der Waals surface area contributed by atoms with Gasteiger partial charge in [0.15, 0.2) is 0 Å². The molecule has 3 nitrogen and oxygen atoms in total. The van der Waals surface area contributed by atoms with E-state index in [4.69, 9.17) is 9.47 Å². The summed E-state index contributed by atoms with van der Waals surface area (Å²) in [6.45, 7) is 2.17. The molecule has 0 aromatic carbocycles. The molecular weight excluding hydrogens is 168 g/mol. The van der Waals surface area contributed by atoms with Crippen LogP contribution in [0.25, 0.3) is 0 Å². The van der Waals surface area contributed by atoms with Crippen LogP contribution in [0, 0.1) is 5.41 Å². The van der Waals surface area contributed by atoms with E-state index in [2.05, 4.69) is 0 Å². The van der Waals surface area contributed by atoms with Gasteiger partial charge in [-0.15, -0.1) is 0 Å². The lowest BCUT2D eigenvalue weighted by molar-refractivity contribution is -0.118. The van der Waals surface area contributed by atoms with Gasteiger partial charge in [-0.2, -0.15) is 0 Å². The second-order valence-corrected chi connectivity index (χ2v) is 3.69. The van der Waals surface area contributed by atoms with E-state index in [0.717, 1.165) is 38.6 Å². The summed E-state index contributed by atoms with van der Waals surface area (Å²) >= 11 is 0. The molecule has 1 aliphatic heterocycles. The van der Waals surface area contributed by atoms with Gasteiger partial charge in [0.05, 0.1) is 0 Å². The third-order valence-corrected chi connectivity index (χ3v) is 2.76. The van der Waals surface area contributed by atoms with Crippen molar-refractivity contribution in [2.75, 3.05) is 26.9 Å². The van der Waals surface area contributed by atoms with Crippen molar-refractivity contribution in [3.63, 3.8) is 0 Å². The second-order valence-electron chi connectivity index (χ2n) is 3.69. The standard InChI is InChI=1S/C10H18O3/c1-12-7-4-10(9-11)3-2-6-13-8-5-10/h9H,2-8H2,1H3. The molecular formula is C10H18O3. The van der Waals surface area contributed by atoms with Crippen LogP contribution in [0.4, 0.5) is 0 Å². The van der Waals surface area contributed by atoms with Crippen molar-refractivity contribution in [2.45, 2.75) is 25.7 Å². The van der Waals surface area contributed by atoms with Crippen LogP contribution in [-0.2, 0) is 14.3 Å². The zero-order valence-electron chi connectivity index (χ0n) is 8.25. The molecule has 0 spiro atoms. The summed E-state index contributed by atoms with van der Waals surface area (Å²) in [5.41, 5.74) is -0.174. The zero-order valence-corrected chi connectivity index (χ0v) is 8.25. The average Bonchev–Trinajstić information content (AvgIpc) is 2.41. The van der Waals surface area contributed by atoms with Gasteiger partial charge in [-0.3, -0.25) is 0 Å². The van der Waals surface area contributed by atoms with Crippen molar-refractivity contribution in [3.8, 4) is 0 Å². The Morgan fingerprint density at radius 1 is 1.46 bits per heavy atom. The molecule has 1 heterocycles. The first-order valence-corrected chi connectivity index (χ1v) is 4.86. The molecule has 1 unspecified atom stereocenters.